The second-order valence-corrected chi connectivity index (χ2v) is 7.07. The summed E-state index contributed by atoms with van der Waals surface area (Å²) in [6, 6.07) is 9.86. The molecule has 1 atom stereocenters. The second kappa shape index (κ2) is 9.43. The smallest absolute Gasteiger partial charge is 0.234 e. The molecule has 4 aromatic rings. The van der Waals surface area contributed by atoms with Gasteiger partial charge < -0.3 is 15.2 Å². The Morgan fingerprint density at radius 3 is 2.55 bits per heavy atom. The molecule has 1 aromatic carbocycles. The minimum absolute atomic E-state index is 0.00994. The van der Waals surface area contributed by atoms with Crippen molar-refractivity contribution >= 4 is 29.3 Å². The van der Waals surface area contributed by atoms with E-state index < -0.39 is 5.82 Å². The lowest BCUT2D eigenvalue weighted by molar-refractivity contribution is 0.604. The van der Waals surface area contributed by atoms with Gasteiger partial charge in [-0.15, -0.1) is 0 Å². The number of rotatable bonds is 8. The molecule has 158 valence electrons. The van der Waals surface area contributed by atoms with Crippen LogP contribution in [0.2, 0.25) is 5.28 Å². The molecule has 0 radical (unpaired) electrons. The molecule has 0 fully saturated rings. The SMILES string of the molecule is CC(Nc1nc(Cl)nc(Nc2cn(CCc3ccccc3)cn2)n1)c1ncc(F)cn1. The molecule has 3 heterocycles. The highest BCUT2D eigenvalue weighted by molar-refractivity contribution is 6.28. The molecule has 0 bridgehead atoms. The summed E-state index contributed by atoms with van der Waals surface area (Å²) in [7, 11) is 0. The lowest BCUT2D eigenvalue weighted by atomic mass is 10.1. The molecule has 0 saturated carbocycles. The first-order valence-electron chi connectivity index (χ1n) is 9.53. The summed E-state index contributed by atoms with van der Waals surface area (Å²) in [5.41, 5.74) is 1.25. The van der Waals surface area contributed by atoms with Crippen molar-refractivity contribution in [1.29, 1.82) is 0 Å². The second-order valence-electron chi connectivity index (χ2n) is 6.73. The predicted octanol–water partition coefficient (Wildman–Crippen LogP) is 3.81. The molecule has 4 rings (SSSR count). The zero-order valence-corrected chi connectivity index (χ0v) is 17.3. The van der Waals surface area contributed by atoms with Crippen LogP contribution in [0.15, 0.2) is 55.2 Å². The van der Waals surface area contributed by atoms with Crippen LogP contribution in [0.25, 0.3) is 0 Å². The van der Waals surface area contributed by atoms with Crippen molar-refractivity contribution in [1.82, 2.24) is 34.5 Å². The van der Waals surface area contributed by atoms with Crippen LogP contribution in [0.3, 0.4) is 0 Å². The fourth-order valence-electron chi connectivity index (χ4n) is 2.84. The van der Waals surface area contributed by atoms with Crippen molar-refractivity contribution < 1.29 is 4.39 Å². The zero-order valence-electron chi connectivity index (χ0n) is 16.6. The van der Waals surface area contributed by atoms with Gasteiger partial charge in [0.25, 0.3) is 0 Å². The number of hydrogen-bond acceptors (Lipinski definition) is 8. The Kier molecular flexibility index (Phi) is 6.27. The highest BCUT2D eigenvalue weighted by atomic mass is 35.5. The minimum atomic E-state index is -0.506. The standard InChI is InChI=1S/C20H19ClFN9/c1-13(17-23-9-15(22)10-24-17)26-19-28-18(21)29-20(30-19)27-16-11-31(12-25-16)8-7-14-5-3-2-4-6-14/h2-6,9-13H,7-8H2,1H3,(H2,26,27,28,29,30). The van der Waals surface area contributed by atoms with Crippen molar-refractivity contribution in [3.05, 3.63) is 77.7 Å². The van der Waals surface area contributed by atoms with Crippen LogP contribution in [-0.2, 0) is 13.0 Å². The van der Waals surface area contributed by atoms with Crippen molar-refractivity contribution in [3.63, 3.8) is 0 Å². The fourth-order valence-corrected chi connectivity index (χ4v) is 3.00. The van der Waals surface area contributed by atoms with E-state index in [4.69, 9.17) is 11.6 Å². The molecule has 0 amide bonds. The maximum absolute atomic E-state index is 13.0. The number of imidazole rings is 1. The van der Waals surface area contributed by atoms with Gasteiger partial charge in [0.2, 0.25) is 17.2 Å². The Morgan fingerprint density at radius 2 is 1.77 bits per heavy atom. The van der Waals surface area contributed by atoms with Crippen molar-refractivity contribution in [2.24, 2.45) is 0 Å². The summed E-state index contributed by atoms with van der Waals surface area (Å²) in [4.78, 5) is 24.7. The number of nitrogens with zero attached hydrogens (tertiary/aromatic N) is 7. The monoisotopic (exact) mass is 439 g/mol. The van der Waals surface area contributed by atoms with Crippen molar-refractivity contribution in [2.75, 3.05) is 10.6 Å². The molecule has 11 heteroatoms. The van der Waals surface area contributed by atoms with Gasteiger partial charge in [0, 0.05) is 12.7 Å². The molecule has 0 saturated heterocycles. The van der Waals surface area contributed by atoms with E-state index in [1.54, 1.807) is 13.3 Å². The fraction of sp³-hybridized carbons (Fsp3) is 0.200. The Morgan fingerprint density at radius 1 is 1.03 bits per heavy atom. The lowest BCUT2D eigenvalue weighted by Gasteiger charge is -2.12. The van der Waals surface area contributed by atoms with E-state index in [0.717, 1.165) is 25.4 Å². The van der Waals surface area contributed by atoms with Crippen LogP contribution < -0.4 is 10.6 Å². The molecule has 0 spiro atoms. The molecule has 9 nitrogen and oxygen atoms in total. The van der Waals surface area contributed by atoms with Gasteiger partial charge >= 0.3 is 0 Å². The third-order valence-electron chi connectivity index (χ3n) is 4.36. The number of nitrogens with one attached hydrogen (secondary N) is 2. The largest absolute Gasteiger partial charge is 0.344 e. The molecule has 3 aromatic heterocycles. The Labute approximate surface area is 182 Å². The highest BCUT2D eigenvalue weighted by Crippen LogP contribution is 2.18. The molecule has 0 aliphatic carbocycles. The predicted molar refractivity (Wildman–Crippen MR) is 115 cm³/mol. The zero-order chi connectivity index (χ0) is 21.6. The molecule has 0 aliphatic rings. The van der Waals surface area contributed by atoms with Gasteiger partial charge in [-0.3, -0.25) is 0 Å². The van der Waals surface area contributed by atoms with Crippen LogP contribution in [0.4, 0.5) is 22.1 Å². The van der Waals surface area contributed by atoms with E-state index in [1.165, 1.54) is 5.56 Å². The van der Waals surface area contributed by atoms with Gasteiger partial charge in [-0.1, -0.05) is 30.3 Å². The number of benzene rings is 1. The van der Waals surface area contributed by atoms with E-state index in [9.17, 15) is 4.39 Å². The maximum atomic E-state index is 13.0. The summed E-state index contributed by atoms with van der Waals surface area (Å²) in [5.74, 6) is 0.934. The topological polar surface area (TPSA) is 106 Å². The van der Waals surface area contributed by atoms with E-state index in [1.807, 2.05) is 29.0 Å². The normalized spacial score (nSPS) is 11.8. The summed E-state index contributed by atoms with van der Waals surface area (Å²) < 4.78 is 15.0. The van der Waals surface area contributed by atoms with Gasteiger partial charge in [-0.25, -0.2) is 19.3 Å². The van der Waals surface area contributed by atoms with E-state index in [0.29, 0.717) is 11.6 Å². The first-order chi connectivity index (χ1) is 15.0. The molecule has 2 N–H and O–H groups in total. The quantitative estimate of drug-likeness (QED) is 0.427. The van der Waals surface area contributed by atoms with E-state index in [-0.39, 0.29) is 23.2 Å². The number of anilines is 3. The molecule has 0 aliphatic heterocycles. The van der Waals surface area contributed by atoms with Gasteiger partial charge in [0.15, 0.2) is 11.6 Å². The van der Waals surface area contributed by atoms with Crippen molar-refractivity contribution in [2.45, 2.75) is 25.9 Å². The number of halogens is 2. The van der Waals surface area contributed by atoms with Crippen LogP contribution in [0, 0.1) is 5.82 Å². The number of aryl methyl sites for hydroxylation is 2. The Hall–Kier alpha value is -3.66. The minimum Gasteiger partial charge on any atom is -0.344 e. The van der Waals surface area contributed by atoms with Crippen LogP contribution in [-0.4, -0.2) is 34.5 Å². The van der Waals surface area contributed by atoms with Gasteiger partial charge in [0.1, 0.15) is 5.82 Å². The van der Waals surface area contributed by atoms with Gasteiger partial charge in [-0.05, 0) is 30.5 Å². The summed E-state index contributed by atoms with van der Waals surface area (Å²) in [6.07, 6.45) is 6.69. The molecular formula is C20H19ClFN9. The van der Waals surface area contributed by atoms with Crippen LogP contribution in [0.1, 0.15) is 24.4 Å². The first kappa shape index (κ1) is 20.6. The average molecular weight is 440 g/mol. The third kappa shape index (κ3) is 5.70. The van der Waals surface area contributed by atoms with Crippen LogP contribution >= 0.6 is 11.6 Å². The third-order valence-corrected chi connectivity index (χ3v) is 4.52. The highest BCUT2D eigenvalue weighted by Gasteiger charge is 2.13. The number of hydrogen-bond donors (Lipinski definition) is 2. The number of aromatic nitrogens is 7. The van der Waals surface area contributed by atoms with Crippen molar-refractivity contribution in [3.8, 4) is 0 Å². The Bertz CT molecular complexity index is 1140. The maximum Gasteiger partial charge on any atom is 0.234 e. The summed E-state index contributed by atoms with van der Waals surface area (Å²) >= 11 is 6.04. The summed E-state index contributed by atoms with van der Waals surface area (Å²) in [5, 5.41) is 6.06. The summed E-state index contributed by atoms with van der Waals surface area (Å²) in [6.45, 7) is 2.59. The Balaban J connectivity index is 1.40. The average Bonchev–Trinajstić information content (AvgIpc) is 3.20. The molecule has 31 heavy (non-hydrogen) atoms. The lowest BCUT2D eigenvalue weighted by Crippen LogP contribution is -2.14. The van der Waals surface area contributed by atoms with E-state index >= 15 is 0 Å². The van der Waals surface area contributed by atoms with E-state index in [2.05, 4.69) is 52.7 Å². The molecular weight excluding hydrogens is 421 g/mol. The van der Waals surface area contributed by atoms with Gasteiger partial charge in [0.05, 0.1) is 24.8 Å². The first-order valence-corrected chi connectivity index (χ1v) is 9.91. The molecule has 1 unspecified atom stereocenters. The van der Waals surface area contributed by atoms with Gasteiger partial charge in [-0.2, -0.15) is 15.0 Å². The van der Waals surface area contributed by atoms with Crippen LogP contribution in [0.5, 0.6) is 0 Å².